The van der Waals surface area contributed by atoms with Crippen LogP contribution in [0, 0.1) is 6.92 Å². The van der Waals surface area contributed by atoms with E-state index in [-0.39, 0.29) is 0 Å². The molecule has 0 aliphatic heterocycles. The van der Waals surface area contributed by atoms with Crippen LogP contribution in [0.3, 0.4) is 0 Å². The molecule has 1 heteroatoms. The number of benzene rings is 4. The van der Waals surface area contributed by atoms with E-state index >= 15 is 0 Å². The number of hydrogen-bond donors (Lipinski definition) is 0. The predicted octanol–water partition coefficient (Wildman–Crippen LogP) is 6.72. The highest BCUT2D eigenvalue weighted by molar-refractivity contribution is 6.25. The fourth-order valence-electron chi connectivity index (χ4n) is 4.61. The summed E-state index contributed by atoms with van der Waals surface area (Å²) in [5.41, 5.74) is 13.9. The van der Waals surface area contributed by atoms with Crippen LogP contribution in [-0.2, 0) is 6.42 Å². The molecule has 0 N–H and O–H groups in total. The first-order valence-electron chi connectivity index (χ1n) is 9.79. The molecule has 0 fully saturated rings. The van der Waals surface area contributed by atoms with Crippen LogP contribution in [0.5, 0.6) is 0 Å². The molecule has 132 valence electrons. The van der Waals surface area contributed by atoms with Gasteiger partial charge in [0.05, 0.1) is 11.4 Å². The van der Waals surface area contributed by atoms with Crippen molar-refractivity contribution in [3.05, 3.63) is 113 Å². The van der Waals surface area contributed by atoms with Gasteiger partial charge in [-0.1, -0.05) is 78.4 Å². The Hall–Kier alpha value is -3.45. The van der Waals surface area contributed by atoms with Gasteiger partial charge in [0.1, 0.15) is 0 Å². The van der Waals surface area contributed by atoms with Gasteiger partial charge >= 0.3 is 0 Å². The second kappa shape index (κ2) is 5.77. The molecule has 0 radical (unpaired) electrons. The molecule has 0 atom stereocenters. The van der Waals surface area contributed by atoms with Crippen molar-refractivity contribution in [1.82, 2.24) is 0 Å². The van der Waals surface area contributed by atoms with E-state index in [9.17, 15) is 0 Å². The van der Waals surface area contributed by atoms with E-state index in [0.29, 0.717) is 0 Å². The maximum absolute atomic E-state index is 5.13. The predicted molar refractivity (Wildman–Crippen MR) is 117 cm³/mol. The van der Waals surface area contributed by atoms with E-state index in [1.54, 1.807) is 0 Å². The summed E-state index contributed by atoms with van der Waals surface area (Å²) in [5.74, 6) is 0. The second-order valence-electron chi connectivity index (χ2n) is 7.73. The third-order valence-electron chi connectivity index (χ3n) is 5.92. The Morgan fingerprint density at radius 3 is 2.14 bits per heavy atom. The molecule has 1 nitrogen and oxygen atoms in total. The Bertz CT molecular complexity index is 1290. The average molecular weight is 357 g/mol. The van der Waals surface area contributed by atoms with Crippen molar-refractivity contribution in [2.24, 2.45) is 4.99 Å². The van der Waals surface area contributed by atoms with Gasteiger partial charge in [-0.25, -0.2) is 4.99 Å². The first-order chi connectivity index (χ1) is 13.8. The van der Waals surface area contributed by atoms with Gasteiger partial charge in [-0.15, -0.1) is 0 Å². The number of aliphatic imine (C=N–C) groups is 1. The molecule has 2 aliphatic rings. The van der Waals surface area contributed by atoms with Crippen molar-refractivity contribution in [1.29, 1.82) is 0 Å². The van der Waals surface area contributed by atoms with E-state index in [1.165, 1.54) is 50.1 Å². The third kappa shape index (κ3) is 2.23. The average Bonchev–Trinajstić information content (AvgIpc) is 3.24. The normalized spacial score (nSPS) is 14.5. The quantitative estimate of drug-likeness (QED) is 0.310. The zero-order chi connectivity index (χ0) is 18.7. The fraction of sp³-hybridized carbons (Fsp3) is 0.0741. The van der Waals surface area contributed by atoms with Crippen LogP contribution in [0.2, 0.25) is 0 Å². The Labute approximate surface area is 165 Å². The van der Waals surface area contributed by atoms with Crippen LogP contribution in [0.4, 0.5) is 5.69 Å². The van der Waals surface area contributed by atoms with E-state index in [0.717, 1.165) is 17.8 Å². The molecule has 0 saturated carbocycles. The number of aryl methyl sites for hydroxylation is 1. The Morgan fingerprint density at radius 1 is 0.571 bits per heavy atom. The van der Waals surface area contributed by atoms with E-state index in [4.69, 9.17) is 4.99 Å². The van der Waals surface area contributed by atoms with Gasteiger partial charge in [-0.2, -0.15) is 0 Å². The molecular weight excluding hydrogens is 338 g/mol. The summed E-state index contributed by atoms with van der Waals surface area (Å²) in [4.78, 5) is 5.13. The first-order valence-corrected chi connectivity index (χ1v) is 9.79. The number of nitrogens with zero attached hydrogens (tertiary/aromatic N) is 1. The fourth-order valence-corrected chi connectivity index (χ4v) is 4.61. The molecule has 0 amide bonds. The molecule has 6 rings (SSSR count). The van der Waals surface area contributed by atoms with Crippen molar-refractivity contribution in [3.8, 4) is 22.3 Å². The topological polar surface area (TPSA) is 12.4 Å². The summed E-state index contributed by atoms with van der Waals surface area (Å²) in [5, 5.41) is 0. The molecule has 0 unspecified atom stereocenters. The van der Waals surface area contributed by atoms with Crippen LogP contribution < -0.4 is 0 Å². The summed E-state index contributed by atoms with van der Waals surface area (Å²) in [7, 11) is 0. The summed E-state index contributed by atoms with van der Waals surface area (Å²) in [6.45, 7) is 2.15. The van der Waals surface area contributed by atoms with Crippen LogP contribution >= 0.6 is 0 Å². The SMILES string of the molecule is Cc1ccc2c(c1)-c1ccccc1C2=Nc1ccc2c(c1)Cc1ccccc1-2. The van der Waals surface area contributed by atoms with Crippen molar-refractivity contribution in [3.63, 3.8) is 0 Å². The Balaban J connectivity index is 1.50. The van der Waals surface area contributed by atoms with Crippen molar-refractivity contribution in [2.75, 3.05) is 0 Å². The summed E-state index contributed by atoms with van der Waals surface area (Å²) in [6.07, 6.45) is 0.997. The molecule has 28 heavy (non-hydrogen) atoms. The highest BCUT2D eigenvalue weighted by Gasteiger charge is 2.25. The summed E-state index contributed by atoms with van der Waals surface area (Å²) in [6, 6.07) is 30.6. The zero-order valence-electron chi connectivity index (χ0n) is 15.7. The van der Waals surface area contributed by atoms with E-state index in [2.05, 4.69) is 91.9 Å². The summed E-state index contributed by atoms with van der Waals surface area (Å²) < 4.78 is 0. The van der Waals surface area contributed by atoms with Crippen molar-refractivity contribution < 1.29 is 0 Å². The van der Waals surface area contributed by atoms with Gasteiger partial charge in [-0.05, 0) is 58.9 Å². The maximum atomic E-state index is 5.13. The lowest BCUT2D eigenvalue weighted by Gasteiger charge is -2.05. The van der Waals surface area contributed by atoms with Crippen LogP contribution in [0.1, 0.15) is 27.8 Å². The monoisotopic (exact) mass is 357 g/mol. The maximum Gasteiger partial charge on any atom is 0.0794 e. The highest BCUT2D eigenvalue weighted by Crippen LogP contribution is 2.41. The Morgan fingerprint density at radius 2 is 1.25 bits per heavy atom. The highest BCUT2D eigenvalue weighted by atomic mass is 14.8. The number of fused-ring (bicyclic) bond motifs is 6. The second-order valence-corrected chi connectivity index (χ2v) is 7.73. The van der Waals surface area contributed by atoms with E-state index < -0.39 is 0 Å². The lowest BCUT2D eigenvalue weighted by atomic mass is 10.0. The molecule has 0 spiro atoms. The van der Waals surface area contributed by atoms with Gasteiger partial charge in [0.25, 0.3) is 0 Å². The zero-order valence-corrected chi connectivity index (χ0v) is 15.7. The first kappa shape index (κ1) is 15.6. The molecule has 0 heterocycles. The molecule has 0 saturated heterocycles. The smallest absolute Gasteiger partial charge is 0.0794 e. The minimum atomic E-state index is 0.997. The standard InChI is InChI=1S/C27H19N/c1-17-10-12-25-26(14-17)23-8-4-5-9-24(23)27(25)28-20-11-13-22-19(16-20)15-18-6-2-3-7-21(18)22/h2-14,16H,15H2,1H3. The largest absolute Gasteiger partial charge is 0.248 e. The lowest BCUT2D eigenvalue weighted by molar-refractivity contribution is 1.26. The Kier molecular flexibility index (Phi) is 3.21. The van der Waals surface area contributed by atoms with Crippen LogP contribution in [0.25, 0.3) is 22.3 Å². The van der Waals surface area contributed by atoms with Gasteiger partial charge in [0, 0.05) is 11.1 Å². The van der Waals surface area contributed by atoms with Gasteiger partial charge in [0.15, 0.2) is 0 Å². The van der Waals surface area contributed by atoms with Gasteiger partial charge in [0.2, 0.25) is 0 Å². The molecule has 4 aromatic rings. The van der Waals surface area contributed by atoms with Crippen LogP contribution in [-0.4, -0.2) is 5.71 Å². The molecule has 4 aromatic carbocycles. The van der Waals surface area contributed by atoms with Crippen molar-refractivity contribution >= 4 is 11.4 Å². The van der Waals surface area contributed by atoms with Gasteiger partial charge < -0.3 is 0 Å². The molecule has 0 aromatic heterocycles. The van der Waals surface area contributed by atoms with E-state index in [1.807, 2.05) is 0 Å². The molecular formula is C27H19N. The molecule has 0 bridgehead atoms. The lowest BCUT2D eigenvalue weighted by Crippen LogP contribution is -1.97. The van der Waals surface area contributed by atoms with Gasteiger partial charge in [-0.3, -0.25) is 0 Å². The summed E-state index contributed by atoms with van der Waals surface area (Å²) >= 11 is 0. The van der Waals surface area contributed by atoms with Crippen molar-refractivity contribution in [2.45, 2.75) is 13.3 Å². The molecule has 2 aliphatic carbocycles. The minimum Gasteiger partial charge on any atom is -0.248 e. The minimum absolute atomic E-state index is 0.997. The van der Waals surface area contributed by atoms with Crippen LogP contribution in [0.15, 0.2) is 89.9 Å². The third-order valence-corrected chi connectivity index (χ3v) is 5.92. The number of rotatable bonds is 1. The number of hydrogen-bond acceptors (Lipinski definition) is 1.